The van der Waals surface area contributed by atoms with Crippen molar-refractivity contribution in [3.05, 3.63) is 23.8 Å². The maximum Gasteiger partial charge on any atom is 0.161 e. The van der Waals surface area contributed by atoms with Crippen molar-refractivity contribution in [1.29, 1.82) is 0 Å². The summed E-state index contributed by atoms with van der Waals surface area (Å²) in [5.74, 6) is 1.70. The van der Waals surface area contributed by atoms with Gasteiger partial charge >= 0.3 is 0 Å². The van der Waals surface area contributed by atoms with Crippen molar-refractivity contribution in [2.45, 2.75) is 39.1 Å². The van der Waals surface area contributed by atoms with Crippen molar-refractivity contribution < 1.29 is 19.3 Å². The summed E-state index contributed by atoms with van der Waals surface area (Å²) >= 11 is 0. The molecule has 0 saturated carbocycles. The molecule has 0 aliphatic carbocycles. The molecule has 112 valence electrons. The van der Waals surface area contributed by atoms with E-state index < -0.39 is 6.10 Å². The predicted molar refractivity (Wildman–Crippen MR) is 77.2 cm³/mol. The molecule has 5 unspecified atom stereocenters. The summed E-state index contributed by atoms with van der Waals surface area (Å²) in [6.07, 6.45) is -0.349. The summed E-state index contributed by atoms with van der Waals surface area (Å²) in [6, 6.07) is 5.55. The highest BCUT2D eigenvalue weighted by Crippen LogP contribution is 2.42. The minimum atomic E-state index is -0.565. The standard InChI is InChI=1S/C16H24O4/c1-9-10(2)20-11(3)15(9)16(17)12-6-7-13(18-4)14(8-12)19-5/h6-11,15-17H,1-5H3. The monoisotopic (exact) mass is 280 g/mol. The number of methoxy groups -OCH3 is 2. The first-order chi connectivity index (χ1) is 9.49. The van der Waals surface area contributed by atoms with E-state index >= 15 is 0 Å². The van der Waals surface area contributed by atoms with Crippen LogP contribution in [0.3, 0.4) is 0 Å². The Hall–Kier alpha value is -1.26. The lowest BCUT2D eigenvalue weighted by atomic mass is 9.82. The Morgan fingerprint density at radius 3 is 2.20 bits per heavy atom. The second-order valence-electron chi connectivity index (χ2n) is 5.54. The van der Waals surface area contributed by atoms with Gasteiger partial charge in [0.1, 0.15) is 0 Å². The second kappa shape index (κ2) is 6.02. The first-order valence-corrected chi connectivity index (χ1v) is 7.05. The molecule has 5 atom stereocenters. The van der Waals surface area contributed by atoms with Gasteiger partial charge in [-0.25, -0.2) is 0 Å². The van der Waals surface area contributed by atoms with E-state index in [1.807, 2.05) is 25.1 Å². The van der Waals surface area contributed by atoms with Gasteiger partial charge in [-0.2, -0.15) is 0 Å². The first-order valence-electron chi connectivity index (χ1n) is 7.05. The van der Waals surface area contributed by atoms with Crippen LogP contribution in [-0.2, 0) is 4.74 Å². The van der Waals surface area contributed by atoms with E-state index in [1.54, 1.807) is 14.2 Å². The van der Waals surface area contributed by atoms with Crippen LogP contribution in [0.2, 0.25) is 0 Å². The van der Waals surface area contributed by atoms with Crippen LogP contribution in [-0.4, -0.2) is 31.5 Å². The van der Waals surface area contributed by atoms with Crippen LogP contribution in [0.5, 0.6) is 11.5 Å². The average Bonchev–Trinajstić information content (AvgIpc) is 2.70. The molecule has 1 aromatic carbocycles. The summed E-state index contributed by atoms with van der Waals surface area (Å²) < 4.78 is 16.3. The summed E-state index contributed by atoms with van der Waals surface area (Å²) in [6.45, 7) is 6.21. The van der Waals surface area contributed by atoms with E-state index in [1.165, 1.54) is 0 Å². The van der Waals surface area contributed by atoms with Gasteiger partial charge in [0.05, 0.1) is 32.5 Å². The number of benzene rings is 1. The molecule has 1 saturated heterocycles. The molecule has 0 radical (unpaired) electrons. The molecule has 1 fully saturated rings. The van der Waals surface area contributed by atoms with Crippen molar-refractivity contribution in [1.82, 2.24) is 0 Å². The summed E-state index contributed by atoms with van der Waals surface area (Å²) in [4.78, 5) is 0. The number of aliphatic hydroxyl groups excluding tert-OH is 1. The summed E-state index contributed by atoms with van der Waals surface area (Å²) in [5, 5.41) is 10.7. The largest absolute Gasteiger partial charge is 0.493 e. The van der Waals surface area contributed by atoms with E-state index in [0.29, 0.717) is 17.4 Å². The SMILES string of the molecule is COc1ccc(C(O)C2C(C)OC(C)C2C)cc1OC. The van der Waals surface area contributed by atoms with Gasteiger partial charge in [-0.1, -0.05) is 13.0 Å². The third-order valence-corrected chi connectivity index (χ3v) is 4.43. The Morgan fingerprint density at radius 1 is 1.05 bits per heavy atom. The smallest absolute Gasteiger partial charge is 0.161 e. The van der Waals surface area contributed by atoms with Gasteiger partial charge < -0.3 is 19.3 Å². The third-order valence-electron chi connectivity index (χ3n) is 4.43. The van der Waals surface area contributed by atoms with Crippen LogP contribution < -0.4 is 9.47 Å². The molecule has 1 aliphatic heterocycles. The van der Waals surface area contributed by atoms with Gasteiger partial charge in [-0.15, -0.1) is 0 Å². The van der Waals surface area contributed by atoms with Gasteiger partial charge in [0, 0.05) is 5.92 Å². The zero-order valence-corrected chi connectivity index (χ0v) is 12.8. The number of rotatable bonds is 4. The van der Waals surface area contributed by atoms with Crippen molar-refractivity contribution in [2.75, 3.05) is 14.2 Å². The molecule has 1 aromatic rings. The number of hydrogen-bond donors (Lipinski definition) is 1. The number of hydrogen-bond acceptors (Lipinski definition) is 4. The Labute approximate surface area is 120 Å². The molecule has 1 aliphatic rings. The lowest BCUT2D eigenvalue weighted by Gasteiger charge is -2.25. The quantitative estimate of drug-likeness (QED) is 0.921. The molecule has 4 heteroatoms. The molecule has 20 heavy (non-hydrogen) atoms. The highest BCUT2D eigenvalue weighted by Gasteiger charge is 2.41. The van der Waals surface area contributed by atoms with E-state index in [4.69, 9.17) is 14.2 Å². The third kappa shape index (κ3) is 2.63. The van der Waals surface area contributed by atoms with Crippen LogP contribution in [0.15, 0.2) is 18.2 Å². The minimum Gasteiger partial charge on any atom is -0.493 e. The van der Waals surface area contributed by atoms with Crippen LogP contribution in [0.4, 0.5) is 0 Å². The predicted octanol–water partition coefficient (Wildman–Crippen LogP) is 2.80. The van der Waals surface area contributed by atoms with Crippen LogP contribution in [0.25, 0.3) is 0 Å². The second-order valence-corrected chi connectivity index (χ2v) is 5.54. The fourth-order valence-electron chi connectivity index (χ4n) is 3.10. The lowest BCUT2D eigenvalue weighted by molar-refractivity contribution is 0.0230. The van der Waals surface area contributed by atoms with Gasteiger partial charge in [-0.05, 0) is 37.5 Å². The highest BCUT2D eigenvalue weighted by atomic mass is 16.5. The van der Waals surface area contributed by atoms with Crippen LogP contribution in [0, 0.1) is 11.8 Å². The molecule has 1 N–H and O–H groups in total. The maximum atomic E-state index is 10.7. The van der Waals surface area contributed by atoms with Crippen molar-refractivity contribution >= 4 is 0 Å². The van der Waals surface area contributed by atoms with Crippen molar-refractivity contribution in [3.63, 3.8) is 0 Å². The molecule has 0 amide bonds. The van der Waals surface area contributed by atoms with E-state index in [2.05, 4.69) is 13.8 Å². The lowest BCUT2D eigenvalue weighted by Crippen LogP contribution is -2.25. The average molecular weight is 280 g/mol. The van der Waals surface area contributed by atoms with Crippen LogP contribution in [0.1, 0.15) is 32.4 Å². The van der Waals surface area contributed by atoms with Gasteiger partial charge in [0.2, 0.25) is 0 Å². The fourth-order valence-corrected chi connectivity index (χ4v) is 3.10. The van der Waals surface area contributed by atoms with Crippen LogP contribution >= 0.6 is 0 Å². The minimum absolute atomic E-state index is 0.0445. The van der Waals surface area contributed by atoms with E-state index in [9.17, 15) is 5.11 Å². The zero-order valence-electron chi connectivity index (χ0n) is 12.8. The summed E-state index contributed by atoms with van der Waals surface area (Å²) in [5.41, 5.74) is 0.837. The normalized spacial score (nSPS) is 31.1. The maximum absolute atomic E-state index is 10.7. The molecule has 0 aromatic heterocycles. The molecular weight excluding hydrogens is 256 g/mol. The molecule has 2 rings (SSSR count). The first kappa shape index (κ1) is 15.1. The van der Waals surface area contributed by atoms with E-state index in [0.717, 1.165) is 5.56 Å². The van der Waals surface area contributed by atoms with Gasteiger partial charge in [-0.3, -0.25) is 0 Å². The molecule has 4 nitrogen and oxygen atoms in total. The highest BCUT2D eigenvalue weighted by molar-refractivity contribution is 5.43. The summed E-state index contributed by atoms with van der Waals surface area (Å²) in [7, 11) is 3.20. The Kier molecular flexibility index (Phi) is 4.55. The molecule has 0 spiro atoms. The molecule has 0 bridgehead atoms. The number of aliphatic hydroxyl groups is 1. The topological polar surface area (TPSA) is 47.9 Å². The Balaban J connectivity index is 2.27. The Morgan fingerprint density at radius 2 is 1.70 bits per heavy atom. The molecular formula is C16H24O4. The van der Waals surface area contributed by atoms with Crippen molar-refractivity contribution in [3.8, 4) is 11.5 Å². The van der Waals surface area contributed by atoms with E-state index in [-0.39, 0.29) is 18.1 Å². The Bertz CT molecular complexity index is 460. The van der Waals surface area contributed by atoms with Gasteiger partial charge in [0.15, 0.2) is 11.5 Å². The zero-order chi connectivity index (χ0) is 14.9. The van der Waals surface area contributed by atoms with Crippen molar-refractivity contribution in [2.24, 2.45) is 11.8 Å². The molecule has 1 heterocycles. The van der Waals surface area contributed by atoms with Gasteiger partial charge in [0.25, 0.3) is 0 Å². The fraction of sp³-hybridized carbons (Fsp3) is 0.625. The number of ether oxygens (including phenoxy) is 3.